The van der Waals surface area contributed by atoms with Gasteiger partial charge in [-0.25, -0.2) is 13.2 Å². The van der Waals surface area contributed by atoms with E-state index in [9.17, 15) is 23.1 Å². The first-order valence-electron chi connectivity index (χ1n) is 12.4. The Labute approximate surface area is 229 Å². The second-order valence-electron chi connectivity index (χ2n) is 9.83. The van der Waals surface area contributed by atoms with Gasteiger partial charge in [-0.1, -0.05) is 18.5 Å². The van der Waals surface area contributed by atoms with Crippen LogP contribution in [0.5, 0.6) is 5.75 Å². The van der Waals surface area contributed by atoms with E-state index in [2.05, 4.69) is 10.6 Å². The number of amides is 3. The summed E-state index contributed by atoms with van der Waals surface area (Å²) in [6.45, 7) is 7.25. The van der Waals surface area contributed by atoms with Gasteiger partial charge in [0.15, 0.2) is 0 Å². The summed E-state index contributed by atoms with van der Waals surface area (Å²) in [7, 11) is -2.36. The number of benzene rings is 2. The van der Waals surface area contributed by atoms with Crippen molar-refractivity contribution in [1.29, 1.82) is 0 Å². The van der Waals surface area contributed by atoms with Crippen LogP contribution in [-0.4, -0.2) is 79.6 Å². The number of rotatable bonds is 8. The Morgan fingerprint density at radius 3 is 2.47 bits per heavy atom. The van der Waals surface area contributed by atoms with Gasteiger partial charge in [0.2, 0.25) is 10.0 Å². The van der Waals surface area contributed by atoms with Crippen molar-refractivity contribution in [1.82, 2.24) is 14.5 Å². The number of nitrogens with zero attached hydrogens (tertiary/aromatic N) is 2. The van der Waals surface area contributed by atoms with Gasteiger partial charge in [0.1, 0.15) is 11.9 Å². The molecule has 0 aliphatic carbocycles. The molecule has 0 spiro atoms. The Hall–Kier alpha value is -2.86. The van der Waals surface area contributed by atoms with Crippen molar-refractivity contribution in [3.8, 4) is 5.75 Å². The van der Waals surface area contributed by atoms with Gasteiger partial charge in [0.05, 0.1) is 29.7 Å². The summed E-state index contributed by atoms with van der Waals surface area (Å²) < 4.78 is 33.9. The summed E-state index contributed by atoms with van der Waals surface area (Å²) in [4.78, 5) is 27.4. The lowest BCUT2D eigenvalue weighted by atomic mass is 9.99. The fourth-order valence-electron chi connectivity index (χ4n) is 4.09. The Morgan fingerprint density at radius 2 is 1.87 bits per heavy atom. The first-order chi connectivity index (χ1) is 17.8. The smallest absolute Gasteiger partial charge is 0.319 e. The van der Waals surface area contributed by atoms with Gasteiger partial charge in [-0.3, -0.25) is 4.79 Å². The molecule has 3 atom stereocenters. The van der Waals surface area contributed by atoms with Gasteiger partial charge in [0.25, 0.3) is 5.91 Å². The Balaban J connectivity index is 1.94. The van der Waals surface area contributed by atoms with Crippen LogP contribution in [0.3, 0.4) is 0 Å². The van der Waals surface area contributed by atoms with E-state index in [4.69, 9.17) is 16.3 Å². The van der Waals surface area contributed by atoms with Crippen LogP contribution in [0.4, 0.5) is 10.5 Å². The zero-order valence-corrected chi connectivity index (χ0v) is 23.7. The van der Waals surface area contributed by atoms with Crippen LogP contribution in [0, 0.1) is 5.92 Å². The minimum Gasteiger partial charge on any atom is -0.488 e. The number of nitrogens with one attached hydrogen (secondary N) is 2. The largest absolute Gasteiger partial charge is 0.488 e. The number of sulfonamides is 1. The maximum atomic E-state index is 13.5. The highest BCUT2D eigenvalue weighted by Gasteiger charge is 2.35. The molecule has 1 aliphatic heterocycles. The lowest BCUT2D eigenvalue weighted by Crippen LogP contribution is -2.50. The summed E-state index contributed by atoms with van der Waals surface area (Å²) in [5.74, 6) is -0.380. The summed E-state index contributed by atoms with van der Waals surface area (Å²) >= 11 is 5.92. The molecule has 0 bridgehead atoms. The number of ether oxygens (including phenoxy) is 1. The highest BCUT2D eigenvalue weighted by molar-refractivity contribution is 7.89. The first-order valence-corrected chi connectivity index (χ1v) is 14.2. The number of fused-ring (bicyclic) bond motifs is 1. The van der Waals surface area contributed by atoms with Crippen molar-refractivity contribution in [3.05, 3.63) is 53.1 Å². The average molecular weight is 567 g/mol. The van der Waals surface area contributed by atoms with E-state index in [1.54, 1.807) is 24.0 Å². The average Bonchev–Trinajstić information content (AvgIpc) is 2.85. The summed E-state index contributed by atoms with van der Waals surface area (Å²) in [5.41, 5.74) is 0.593. The first kappa shape index (κ1) is 29.7. The van der Waals surface area contributed by atoms with E-state index in [1.807, 2.05) is 20.8 Å². The maximum absolute atomic E-state index is 13.5. The SMILES string of the molecule is CC(C)NC(=O)Nc1ccc2c(c1)C(=O)N([C@@H](C)CO)C[C@@H](C)[C@H](CN(C)S(=O)(=O)c1ccc(Cl)cc1)O2. The van der Waals surface area contributed by atoms with E-state index in [0.29, 0.717) is 10.7 Å². The number of anilines is 1. The monoisotopic (exact) mass is 566 g/mol. The minimum atomic E-state index is -3.83. The van der Waals surface area contributed by atoms with Crippen molar-refractivity contribution >= 4 is 39.2 Å². The molecule has 10 nitrogen and oxygen atoms in total. The number of carbonyl (C=O) groups is 2. The standard InChI is InChI=1S/C26H35ClN4O6S/c1-16(2)28-26(34)29-20-8-11-23-22(12-20)25(33)31(18(4)15-32)13-17(3)24(37-23)14-30(5)38(35,36)21-9-6-19(27)7-10-21/h6-12,16-18,24,32H,13-15H2,1-5H3,(H2,28,29,34)/t17-,18+,24+/m1/s1. The third-order valence-corrected chi connectivity index (χ3v) is 8.39. The van der Waals surface area contributed by atoms with E-state index >= 15 is 0 Å². The quantitative estimate of drug-likeness (QED) is 0.449. The van der Waals surface area contributed by atoms with Crippen LogP contribution in [0.2, 0.25) is 5.02 Å². The Kier molecular flexibility index (Phi) is 9.64. The molecule has 0 radical (unpaired) electrons. The summed E-state index contributed by atoms with van der Waals surface area (Å²) in [5, 5.41) is 15.7. The molecule has 3 N–H and O–H groups in total. The van der Waals surface area contributed by atoms with Crippen molar-refractivity contribution in [3.63, 3.8) is 0 Å². The van der Waals surface area contributed by atoms with E-state index in [1.165, 1.54) is 41.7 Å². The van der Waals surface area contributed by atoms with E-state index in [-0.39, 0.29) is 53.8 Å². The molecule has 2 aromatic carbocycles. The Bertz CT molecular complexity index is 1250. The normalized spacial score (nSPS) is 18.9. The molecule has 12 heteroatoms. The Morgan fingerprint density at radius 1 is 1.21 bits per heavy atom. The molecule has 208 valence electrons. The fourth-order valence-corrected chi connectivity index (χ4v) is 5.39. The van der Waals surface area contributed by atoms with Gasteiger partial charge >= 0.3 is 6.03 Å². The summed E-state index contributed by atoms with van der Waals surface area (Å²) in [6, 6.07) is 9.65. The molecule has 3 rings (SSSR count). The lowest BCUT2D eigenvalue weighted by molar-refractivity contribution is 0.0387. The molecule has 3 amide bonds. The van der Waals surface area contributed by atoms with Crippen molar-refractivity contribution in [2.75, 3.05) is 32.1 Å². The highest BCUT2D eigenvalue weighted by Crippen LogP contribution is 2.31. The van der Waals surface area contributed by atoms with Gasteiger partial charge in [0, 0.05) is 36.3 Å². The van der Waals surface area contributed by atoms with Crippen LogP contribution in [0.15, 0.2) is 47.4 Å². The van der Waals surface area contributed by atoms with Crippen molar-refractivity contribution in [2.45, 2.75) is 50.8 Å². The zero-order chi connectivity index (χ0) is 28.2. The number of hydrogen-bond acceptors (Lipinski definition) is 6. The van der Waals surface area contributed by atoms with Crippen molar-refractivity contribution < 1.29 is 27.9 Å². The number of urea groups is 1. The number of carbonyl (C=O) groups excluding carboxylic acids is 2. The van der Waals surface area contributed by atoms with Gasteiger partial charge in [-0.15, -0.1) is 0 Å². The summed E-state index contributed by atoms with van der Waals surface area (Å²) in [6.07, 6.45) is -0.620. The molecular formula is C26H35ClN4O6S. The molecular weight excluding hydrogens is 532 g/mol. The third kappa shape index (κ3) is 6.96. The highest BCUT2D eigenvalue weighted by atomic mass is 35.5. The minimum absolute atomic E-state index is 0.0118. The van der Waals surface area contributed by atoms with E-state index < -0.39 is 28.2 Å². The van der Waals surface area contributed by atoms with Gasteiger partial charge < -0.3 is 25.4 Å². The molecule has 0 saturated carbocycles. The predicted molar refractivity (Wildman–Crippen MR) is 146 cm³/mol. The molecule has 0 aromatic heterocycles. The molecule has 38 heavy (non-hydrogen) atoms. The third-order valence-electron chi connectivity index (χ3n) is 6.30. The topological polar surface area (TPSA) is 128 Å². The molecule has 0 unspecified atom stereocenters. The maximum Gasteiger partial charge on any atom is 0.319 e. The number of halogens is 1. The number of likely N-dealkylation sites (N-methyl/N-ethyl adjacent to an activating group) is 1. The second kappa shape index (κ2) is 12.3. The van der Waals surface area contributed by atoms with Crippen LogP contribution < -0.4 is 15.4 Å². The van der Waals surface area contributed by atoms with Crippen LogP contribution in [0.25, 0.3) is 0 Å². The predicted octanol–water partition coefficient (Wildman–Crippen LogP) is 3.41. The number of hydrogen-bond donors (Lipinski definition) is 3. The van der Waals surface area contributed by atoms with Crippen LogP contribution >= 0.6 is 11.6 Å². The van der Waals surface area contributed by atoms with Gasteiger partial charge in [-0.2, -0.15) is 4.31 Å². The zero-order valence-electron chi connectivity index (χ0n) is 22.1. The molecule has 0 fully saturated rings. The van der Waals surface area contributed by atoms with Crippen molar-refractivity contribution in [2.24, 2.45) is 5.92 Å². The second-order valence-corrected chi connectivity index (χ2v) is 12.3. The number of aliphatic hydroxyl groups excluding tert-OH is 1. The number of aliphatic hydroxyl groups is 1. The van der Waals surface area contributed by atoms with Crippen LogP contribution in [-0.2, 0) is 10.0 Å². The fraction of sp³-hybridized carbons (Fsp3) is 0.462. The molecule has 0 saturated heterocycles. The van der Waals surface area contributed by atoms with Gasteiger partial charge in [-0.05, 0) is 63.2 Å². The molecule has 2 aromatic rings. The lowest BCUT2D eigenvalue weighted by Gasteiger charge is -2.38. The molecule has 1 aliphatic rings. The van der Waals surface area contributed by atoms with Crippen LogP contribution in [0.1, 0.15) is 38.1 Å². The molecule has 1 heterocycles. The van der Waals surface area contributed by atoms with E-state index in [0.717, 1.165) is 0 Å².